The van der Waals surface area contributed by atoms with Crippen molar-refractivity contribution in [3.8, 4) is 23.0 Å². The first-order valence-electron chi connectivity index (χ1n) is 9.10. The second-order valence-corrected chi connectivity index (χ2v) is 11.4. The van der Waals surface area contributed by atoms with E-state index in [2.05, 4.69) is 0 Å². The third kappa shape index (κ3) is 3.79. The number of phenols is 2. The summed E-state index contributed by atoms with van der Waals surface area (Å²) in [4.78, 5) is 0. The number of ether oxygens (including phenoxy) is 1. The van der Waals surface area contributed by atoms with Crippen molar-refractivity contribution < 1.29 is 19.5 Å². The third-order valence-electron chi connectivity index (χ3n) is 4.79. The Morgan fingerprint density at radius 1 is 0.821 bits per heavy atom. The smallest absolute Gasteiger partial charge is 0.176 e. The quantitative estimate of drug-likeness (QED) is 0.356. The van der Waals surface area contributed by atoms with Gasteiger partial charge >= 0.3 is 0 Å². The zero-order chi connectivity index (χ0) is 20.5. The van der Waals surface area contributed by atoms with Crippen LogP contribution in [0, 0.1) is 6.92 Å². The Balaban J connectivity index is 0.000000206. The molecule has 0 aromatic heterocycles. The van der Waals surface area contributed by atoms with E-state index in [1.807, 2.05) is 58.0 Å². The minimum absolute atomic E-state index is 0.192. The molecule has 2 N–H and O–H groups in total. The first-order valence-corrected chi connectivity index (χ1v) is 10.8. The number of hydrogen-bond acceptors (Lipinski definition) is 4. The van der Waals surface area contributed by atoms with Gasteiger partial charge in [0.2, 0.25) is 0 Å². The van der Waals surface area contributed by atoms with Gasteiger partial charge in [-0.05, 0) is 43.3 Å². The molecule has 28 heavy (non-hydrogen) atoms. The fraction of sp³-hybridized carbons (Fsp3) is 0.217. The fourth-order valence-corrected chi connectivity index (χ4v) is 6.08. The van der Waals surface area contributed by atoms with Crippen LogP contribution in [-0.2, 0) is 4.57 Å². The SMILES string of the molecule is CC(C)(C)P(=O)(c1ccccc1)c1ccc(O)cc1.Cc1c(O)ccc2c1O2. The summed E-state index contributed by atoms with van der Waals surface area (Å²) in [5.41, 5.74) is 0.840. The number of aromatic hydroxyl groups is 2. The largest absolute Gasteiger partial charge is 0.508 e. The highest BCUT2D eigenvalue weighted by atomic mass is 31.2. The topological polar surface area (TPSA) is 70.1 Å². The van der Waals surface area contributed by atoms with Crippen LogP contribution < -0.4 is 15.3 Å². The van der Waals surface area contributed by atoms with Gasteiger partial charge in [-0.2, -0.15) is 0 Å². The van der Waals surface area contributed by atoms with Crippen LogP contribution in [0.3, 0.4) is 0 Å². The van der Waals surface area contributed by atoms with Crippen LogP contribution in [0.4, 0.5) is 0 Å². The van der Waals surface area contributed by atoms with E-state index in [9.17, 15) is 9.67 Å². The number of rotatable bonds is 2. The maximum atomic E-state index is 13.7. The van der Waals surface area contributed by atoms with Gasteiger partial charge in [0.25, 0.3) is 0 Å². The molecule has 0 spiro atoms. The van der Waals surface area contributed by atoms with Gasteiger partial charge in [0.05, 0.1) is 0 Å². The number of benzene rings is 3. The first kappa shape index (κ1) is 20.0. The molecule has 146 valence electrons. The lowest BCUT2D eigenvalue weighted by atomic mass is 10.2. The first-order chi connectivity index (χ1) is 13.1. The van der Waals surface area contributed by atoms with Crippen molar-refractivity contribution >= 4 is 17.8 Å². The van der Waals surface area contributed by atoms with Crippen LogP contribution in [0.5, 0.6) is 23.0 Å². The van der Waals surface area contributed by atoms with E-state index in [0.29, 0.717) is 5.75 Å². The highest BCUT2D eigenvalue weighted by Crippen LogP contribution is 2.55. The standard InChI is InChI=1S/C16H19O2P.C7H6O2/c1-16(2,3)19(18,14-7-5-4-6-8-14)15-11-9-13(17)10-12-15;1-4-5(8)2-3-6-7(4)9-6/h4-12,17H,1-3H3;2-3,8H,1H3. The Morgan fingerprint density at radius 3 is 1.93 bits per heavy atom. The van der Waals surface area contributed by atoms with Crippen molar-refractivity contribution in [3.05, 3.63) is 72.3 Å². The van der Waals surface area contributed by atoms with Crippen molar-refractivity contribution in [2.45, 2.75) is 32.9 Å². The zero-order valence-electron chi connectivity index (χ0n) is 16.5. The molecule has 0 fully saturated rings. The van der Waals surface area contributed by atoms with Crippen molar-refractivity contribution in [3.63, 3.8) is 0 Å². The van der Waals surface area contributed by atoms with E-state index >= 15 is 0 Å². The van der Waals surface area contributed by atoms with Crippen LogP contribution in [0.15, 0.2) is 66.7 Å². The summed E-state index contributed by atoms with van der Waals surface area (Å²) in [6.45, 7) is 7.82. The molecule has 3 aromatic carbocycles. The zero-order valence-corrected chi connectivity index (χ0v) is 17.4. The van der Waals surface area contributed by atoms with Crippen LogP contribution in [0.25, 0.3) is 0 Å². The fourth-order valence-electron chi connectivity index (χ4n) is 3.08. The van der Waals surface area contributed by atoms with E-state index in [0.717, 1.165) is 27.7 Å². The molecule has 0 radical (unpaired) electrons. The minimum atomic E-state index is -2.74. The molecule has 1 aliphatic heterocycles. The van der Waals surface area contributed by atoms with Crippen LogP contribution in [-0.4, -0.2) is 15.4 Å². The molecule has 3 aromatic rings. The van der Waals surface area contributed by atoms with Crippen LogP contribution in [0.2, 0.25) is 0 Å². The maximum Gasteiger partial charge on any atom is 0.176 e. The van der Waals surface area contributed by atoms with Crippen LogP contribution in [0.1, 0.15) is 26.3 Å². The van der Waals surface area contributed by atoms with E-state index in [1.165, 1.54) is 0 Å². The van der Waals surface area contributed by atoms with Crippen molar-refractivity contribution in [2.75, 3.05) is 0 Å². The average Bonchev–Trinajstić information content (AvgIpc) is 3.46. The molecule has 0 aliphatic carbocycles. The van der Waals surface area contributed by atoms with E-state index in [1.54, 1.807) is 36.4 Å². The molecular weight excluding hydrogens is 371 g/mol. The summed E-state index contributed by atoms with van der Waals surface area (Å²) < 4.78 is 18.7. The van der Waals surface area contributed by atoms with Crippen molar-refractivity contribution in [2.24, 2.45) is 0 Å². The van der Waals surface area contributed by atoms with Gasteiger partial charge in [0.1, 0.15) is 18.6 Å². The number of fused-ring (bicyclic) bond motifs is 1. The summed E-state index contributed by atoms with van der Waals surface area (Å²) >= 11 is 0. The molecule has 4 rings (SSSR count). The highest BCUT2D eigenvalue weighted by Gasteiger charge is 2.39. The Morgan fingerprint density at radius 2 is 1.39 bits per heavy atom. The van der Waals surface area contributed by atoms with Gasteiger partial charge in [-0.3, -0.25) is 0 Å². The predicted molar refractivity (Wildman–Crippen MR) is 114 cm³/mol. The highest BCUT2D eigenvalue weighted by molar-refractivity contribution is 7.80. The molecule has 0 saturated heterocycles. The minimum Gasteiger partial charge on any atom is -0.508 e. The van der Waals surface area contributed by atoms with Gasteiger partial charge in [-0.15, -0.1) is 0 Å². The van der Waals surface area contributed by atoms with Gasteiger partial charge in [-0.1, -0.05) is 51.1 Å². The Kier molecular flexibility index (Phi) is 5.27. The van der Waals surface area contributed by atoms with Gasteiger partial charge in [0, 0.05) is 21.3 Å². The van der Waals surface area contributed by atoms with Crippen molar-refractivity contribution in [1.82, 2.24) is 0 Å². The molecule has 0 amide bonds. The lowest BCUT2D eigenvalue weighted by molar-refractivity contribution is 0.470. The molecule has 0 saturated carbocycles. The number of hydrogen-bond donors (Lipinski definition) is 2. The Labute approximate surface area is 165 Å². The van der Waals surface area contributed by atoms with Crippen LogP contribution >= 0.6 is 7.14 Å². The number of phenolic OH excluding ortho intramolecular Hbond substituents is 2. The summed E-state index contributed by atoms with van der Waals surface area (Å²) in [5.74, 6) is 2.24. The molecule has 1 atom stereocenters. The molecule has 1 aliphatic rings. The normalized spacial score (nSPS) is 14.0. The second-order valence-electron chi connectivity index (χ2n) is 7.77. The average molecular weight is 396 g/mol. The summed E-state index contributed by atoms with van der Waals surface area (Å²) in [7, 11) is -2.74. The van der Waals surface area contributed by atoms with Gasteiger partial charge in [0.15, 0.2) is 11.5 Å². The third-order valence-corrected chi connectivity index (χ3v) is 8.73. The molecule has 1 heterocycles. The summed E-state index contributed by atoms with van der Waals surface area (Å²) in [6, 6.07) is 19.7. The Bertz CT molecular complexity index is 1020. The molecule has 1 unspecified atom stereocenters. The maximum absolute atomic E-state index is 13.7. The Hall–Kier alpha value is -2.71. The second kappa shape index (κ2) is 7.37. The van der Waals surface area contributed by atoms with E-state index in [4.69, 9.17) is 9.84 Å². The molecule has 5 heteroatoms. The summed E-state index contributed by atoms with van der Waals surface area (Å²) in [6.07, 6.45) is 0. The lowest BCUT2D eigenvalue weighted by Gasteiger charge is -2.32. The van der Waals surface area contributed by atoms with E-state index in [-0.39, 0.29) is 10.9 Å². The lowest BCUT2D eigenvalue weighted by Crippen LogP contribution is -2.30. The predicted octanol–water partition coefficient (Wildman–Crippen LogP) is 5.31. The molecule has 0 bridgehead atoms. The monoisotopic (exact) mass is 396 g/mol. The molecular formula is C23H25O4P. The van der Waals surface area contributed by atoms with Crippen molar-refractivity contribution in [1.29, 1.82) is 0 Å². The van der Waals surface area contributed by atoms with E-state index < -0.39 is 7.14 Å². The van der Waals surface area contributed by atoms with Gasteiger partial charge < -0.3 is 19.5 Å². The van der Waals surface area contributed by atoms with Gasteiger partial charge in [-0.25, -0.2) is 0 Å². The summed E-state index contributed by atoms with van der Waals surface area (Å²) in [5, 5.41) is 19.7. The molecule has 4 nitrogen and oxygen atoms in total.